The summed E-state index contributed by atoms with van der Waals surface area (Å²) in [6.07, 6.45) is 2.17. The van der Waals surface area contributed by atoms with Gasteiger partial charge in [0.05, 0.1) is 18.4 Å². The molecule has 1 unspecified atom stereocenters. The molecule has 0 spiro atoms. The molecule has 1 aliphatic heterocycles. The number of aliphatic hydroxyl groups is 1. The van der Waals surface area contributed by atoms with Crippen LogP contribution in [0, 0.1) is 5.82 Å². The fourth-order valence-electron chi connectivity index (χ4n) is 2.60. The lowest BCUT2D eigenvalue weighted by Gasteiger charge is -2.22. The fraction of sp³-hybridized carbons (Fsp3) is 0.294. The van der Waals surface area contributed by atoms with Gasteiger partial charge in [0.15, 0.2) is 0 Å². The Morgan fingerprint density at radius 3 is 2.96 bits per heavy atom. The van der Waals surface area contributed by atoms with E-state index >= 15 is 0 Å². The van der Waals surface area contributed by atoms with Crippen molar-refractivity contribution >= 4 is 17.5 Å². The normalized spacial score (nSPS) is 16.0. The molecule has 0 saturated heterocycles. The van der Waals surface area contributed by atoms with Gasteiger partial charge in [0.2, 0.25) is 5.91 Å². The lowest BCUT2D eigenvalue weighted by atomic mass is 9.99. The zero-order valence-corrected chi connectivity index (χ0v) is 13.1. The zero-order valence-electron chi connectivity index (χ0n) is 13.1. The molecule has 1 aromatic heterocycles. The van der Waals surface area contributed by atoms with Crippen LogP contribution in [-0.4, -0.2) is 23.5 Å². The lowest BCUT2D eigenvalue weighted by molar-refractivity contribution is -0.116. The highest BCUT2D eigenvalue weighted by atomic mass is 19.1. The van der Waals surface area contributed by atoms with Crippen molar-refractivity contribution in [2.24, 2.45) is 0 Å². The van der Waals surface area contributed by atoms with Crippen LogP contribution >= 0.6 is 0 Å². The summed E-state index contributed by atoms with van der Waals surface area (Å²) < 4.78 is 19.3. The summed E-state index contributed by atoms with van der Waals surface area (Å²) >= 11 is 0. The summed E-state index contributed by atoms with van der Waals surface area (Å²) in [6.45, 7) is 1.36. The van der Waals surface area contributed by atoms with Crippen LogP contribution in [0.5, 0.6) is 0 Å². The Labute approximate surface area is 137 Å². The number of anilines is 1. The summed E-state index contributed by atoms with van der Waals surface area (Å²) in [6, 6.07) is 5.80. The highest BCUT2D eigenvalue weighted by molar-refractivity contribution is 5.98. The monoisotopic (exact) mass is 332 g/mol. The van der Waals surface area contributed by atoms with E-state index in [0.29, 0.717) is 29.9 Å². The number of nitrogens with one attached hydrogen (secondary N) is 2. The van der Waals surface area contributed by atoms with E-state index in [4.69, 9.17) is 4.42 Å². The molecule has 7 heteroatoms. The van der Waals surface area contributed by atoms with E-state index < -0.39 is 17.3 Å². The minimum atomic E-state index is -1.40. The largest absolute Gasteiger partial charge is 0.466 e. The van der Waals surface area contributed by atoms with Crippen LogP contribution in [0.2, 0.25) is 0 Å². The van der Waals surface area contributed by atoms with Crippen LogP contribution in [0.4, 0.5) is 10.1 Å². The van der Waals surface area contributed by atoms with Crippen LogP contribution in [0.3, 0.4) is 0 Å². The summed E-state index contributed by atoms with van der Waals surface area (Å²) in [7, 11) is 0. The van der Waals surface area contributed by atoms with Gasteiger partial charge in [0.25, 0.3) is 5.91 Å². The van der Waals surface area contributed by atoms with Crippen LogP contribution < -0.4 is 10.6 Å². The summed E-state index contributed by atoms with van der Waals surface area (Å²) in [4.78, 5) is 23.6. The first-order valence-corrected chi connectivity index (χ1v) is 7.53. The topological polar surface area (TPSA) is 91.6 Å². The van der Waals surface area contributed by atoms with Crippen molar-refractivity contribution in [2.75, 3.05) is 11.9 Å². The molecule has 0 bridgehead atoms. The number of halogens is 1. The average molecular weight is 332 g/mol. The van der Waals surface area contributed by atoms with Crippen molar-refractivity contribution in [2.45, 2.75) is 25.4 Å². The second-order valence-corrected chi connectivity index (χ2v) is 5.97. The average Bonchev–Trinajstić information content (AvgIpc) is 3.07. The van der Waals surface area contributed by atoms with E-state index in [1.807, 2.05) is 0 Å². The van der Waals surface area contributed by atoms with Crippen LogP contribution in [-0.2, 0) is 16.8 Å². The number of hydrogen-bond donors (Lipinski definition) is 3. The first kappa shape index (κ1) is 16.2. The van der Waals surface area contributed by atoms with Crippen molar-refractivity contribution in [3.05, 3.63) is 53.2 Å². The Hall–Kier alpha value is -2.67. The van der Waals surface area contributed by atoms with Crippen LogP contribution in [0.15, 0.2) is 34.9 Å². The number of carbonyl (C=O) groups excluding carboxylic acids is 2. The highest BCUT2D eigenvalue weighted by Gasteiger charge is 2.28. The molecule has 0 radical (unpaired) electrons. The lowest BCUT2D eigenvalue weighted by Crippen LogP contribution is -2.38. The van der Waals surface area contributed by atoms with Gasteiger partial charge in [-0.2, -0.15) is 0 Å². The van der Waals surface area contributed by atoms with Crippen molar-refractivity contribution < 1.29 is 23.5 Å². The molecule has 2 amide bonds. The Kier molecular flexibility index (Phi) is 4.11. The Balaban J connectivity index is 1.75. The molecular formula is C17H17FN2O4. The van der Waals surface area contributed by atoms with Crippen LogP contribution in [0.25, 0.3) is 0 Å². The third-order valence-corrected chi connectivity index (χ3v) is 3.98. The maximum atomic E-state index is 14.2. The van der Waals surface area contributed by atoms with Gasteiger partial charge < -0.3 is 20.2 Å². The van der Waals surface area contributed by atoms with Crippen LogP contribution in [0.1, 0.15) is 35.0 Å². The van der Waals surface area contributed by atoms with E-state index in [2.05, 4.69) is 10.6 Å². The number of furan rings is 1. The number of fused-ring (bicyclic) bond motifs is 1. The predicted octanol–water partition coefficient (Wildman–Crippen LogP) is 1.94. The maximum absolute atomic E-state index is 14.2. The third-order valence-electron chi connectivity index (χ3n) is 3.98. The molecule has 3 rings (SSSR count). The first-order chi connectivity index (χ1) is 11.4. The first-order valence-electron chi connectivity index (χ1n) is 7.53. The molecule has 0 saturated carbocycles. The summed E-state index contributed by atoms with van der Waals surface area (Å²) in [5.74, 6) is -1.24. The van der Waals surface area contributed by atoms with Crippen molar-refractivity contribution in [1.82, 2.24) is 5.32 Å². The minimum Gasteiger partial charge on any atom is -0.466 e. The molecule has 2 aromatic rings. The molecule has 1 aliphatic rings. The minimum absolute atomic E-state index is 0.125. The zero-order chi connectivity index (χ0) is 17.3. The molecule has 1 aromatic carbocycles. The molecule has 2 heterocycles. The van der Waals surface area contributed by atoms with Gasteiger partial charge in [-0.25, -0.2) is 4.39 Å². The fourth-order valence-corrected chi connectivity index (χ4v) is 2.60. The third kappa shape index (κ3) is 3.16. The van der Waals surface area contributed by atoms with Crippen molar-refractivity contribution in [3.8, 4) is 0 Å². The van der Waals surface area contributed by atoms with E-state index in [1.165, 1.54) is 19.3 Å². The Morgan fingerprint density at radius 1 is 1.46 bits per heavy atom. The SMILES string of the molecule is CC(O)(CNC(=O)c1cc2c(cc1F)NC(=O)CC2)c1ccco1. The van der Waals surface area contributed by atoms with E-state index in [9.17, 15) is 19.1 Å². The van der Waals surface area contributed by atoms with Gasteiger partial charge in [0, 0.05) is 12.1 Å². The van der Waals surface area contributed by atoms with Crippen molar-refractivity contribution in [1.29, 1.82) is 0 Å². The van der Waals surface area contributed by atoms with Gasteiger partial charge in [-0.15, -0.1) is 0 Å². The van der Waals surface area contributed by atoms with Gasteiger partial charge in [-0.3, -0.25) is 9.59 Å². The van der Waals surface area contributed by atoms with Gasteiger partial charge in [0.1, 0.15) is 17.2 Å². The summed E-state index contributed by atoms with van der Waals surface area (Å²) in [5.41, 5.74) is -0.431. The molecule has 0 aliphatic carbocycles. The number of hydrogen-bond acceptors (Lipinski definition) is 4. The molecule has 24 heavy (non-hydrogen) atoms. The molecule has 6 nitrogen and oxygen atoms in total. The highest BCUT2D eigenvalue weighted by Crippen LogP contribution is 2.26. The number of carbonyl (C=O) groups is 2. The molecule has 1 atom stereocenters. The standard InChI is InChI=1S/C17H17FN2O4/c1-17(23,14-3-2-6-24-14)9-19-16(22)11-7-10-4-5-15(21)20-13(10)8-12(11)18/h2-3,6-8,23H,4-5,9H2,1H3,(H,19,22)(H,20,21). The smallest absolute Gasteiger partial charge is 0.254 e. The molecule has 0 fully saturated rings. The molecular weight excluding hydrogens is 315 g/mol. The number of rotatable bonds is 4. The molecule has 3 N–H and O–H groups in total. The van der Waals surface area contributed by atoms with Gasteiger partial charge in [-0.05, 0) is 43.2 Å². The van der Waals surface area contributed by atoms with E-state index in [1.54, 1.807) is 12.1 Å². The van der Waals surface area contributed by atoms with E-state index in [-0.39, 0.29) is 18.0 Å². The maximum Gasteiger partial charge on any atom is 0.254 e. The van der Waals surface area contributed by atoms with Gasteiger partial charge >= 0.3 is 0 Å². The van der Waals surface area contributed by atoms with E-state index in [0.717, 1.165) is 6.07 Å². The number of amides is 2. The quantitative estimate of drug-likeness (QED) is 0.798. The second kappa shape index (κ2) is 6.09. The second-order valence-electron chi connectivity index (χ2n) is 5.97. The predicted molar refractivity (Wildman–Crippen MR) is 84.0 cm³/mol. The van der Waals surface area contributed by atoms with Crippen molar-refractivity contribution in [3.63, 3.8) is 0 Å². The summed E-state index contributed by atoms with van der Waals surface area (Å²) in [5, 5.41) is 15.4. The Bertz CT molecular complexity index is 784. The number of benzene rings is 1. The van der Waals surface area contributed by atoms with Gasteiger partial charge in [-0.1, -0.05) is 0 Å². The number of aryl methyl sites for hydroxylation is 1. The molecule has 126 valence electrons. The Morgan fingerprint density at radius 2 is 2.25 bits per heavy atom.